The van der Waals surface area contributed by atoms with Gasteiger partial charge >= 0.3 is 6.11 Å². The fourth-order valence-electron chi connectivity index (χ4n) is 0.770. The van der Waals surface area contributed by atoms with Gasteiger partial charge in [-0.3, -0.25) is 0 Å². The molecule has 0 heterocycles. The van der Waals surface area contributed by atoms with E-state index in [1.54, 1.807) is 0 Å². The Morgan fingerprint density at radius 2 is 1.77 bits per heavy atom. The molecule has 0 atom stereocenters. The fraction of sp³-hybridized carbons (Fsp3) is 0.143. The van der Waals surface area contributed by atoms with Crippen molar-refractivity contribution in [3.05, 3.63) is 35.4 Å². The Labute approximate surface area is 69.6 Å². The minimum atomic E-state index is -4.47. The van der Waals surface area contributed by atoms with Crippen LogP contribution in [0.15, 0.2) is 18.2 Å². The van der Waals surface area contributed by atoms with Gasteiger partial charge in [0.15, 0.2) is 11.6 Å². The Morgan fingerprint density at radius 1 is 1.15 bits per heavy atom. The fourth-order valence-corrected chi connectivity index (χ4v) is 0.770. The van der Waals surface area contributed by atoms with Crippen molar-refractivity contribution in [1.82, 2.24) is 0 Å². The predicted octanol–water partition coefficient (Wildman–Crippen LogP) is 2.92. The molecule has 0 saturated heterocycles. The van der Waals surface area contributed by atoms with Crippen LogP contribution in [0.5, 0.6) is 0 Å². The van der Waals surface area contributed by atoms with Crippen LogP contribution < -0.4 is 0 Å². The minimum Gasteiger partial charge on any atom is -0.204 e. The van der Waals surface area contributed by atoms with E-state index in [0.717, 1.165) is 6.07 Å². The monoisotopic (exact) mass is 198 g/mol. The maximum absolute atomic E-state index is 12.6. The Hall–Kier alpha value is -1.17. The van der Waals surface area contributed by atoms with Crippen LogP contribution in [-0.2, 0) is 11.1 Å². The molecule has 0 N–H and O–H groups in total. The molecule has 0 radical (unpaired) electrons. The topological polar surface area (TPSA) is 9.23 Å². The van der Waals surface area contributed by atoms with E-state index in [2.05, 4.69) is 4.94 Å². The number of benzene rings is 1. The quantitative estimate of drug-likeness (QED) is 0.664. The summed E-state index contributed by atoms with van der Waals surface area (Å²) >= 11 is 0. The van der Waals surface area contributed by atoms with E-state index >= 15 is 0 Å². The van der Waals surface area contributed by atoms with Crippen LogP contribution in [-0.4, -0.2) is 0 Å². The molecule has 0 spiro atoms. The molecule has 0 bridgehead atoms. The highest BCUT2D eigenvalue weighted by Crippen LogP contribution is 2.32. The van der Waals surface area contributed by atoms with Gasteiger partial charge in [0.1, 0.15) is 0 Å². The summed E-state index contributed by atoms with van der Waals surface area (Å²) in [5.41, 5.74) is -1.48. The minimum absolute atomic E-state index is 0.526. The molecule has 72 valence electrons. The summed E-state index contributed by atoms with van der Waals surface area (Å²) < 4.78 is 60.8. The van der Waals surface area contributed by atoms with Crippen molar-refractivity contribution >= 4 is 0 Å². The molecule has 6 heteroatoms. The highest BCUT2D eigenvalue weighted by molar-refractivity contribution is 5.21. The molecule has 13 heavy (non-hydrogen) atoms. The first-order valence-electron chi connectivity index (χ1n) is 3.11. The zero-order valence-corrected chi connectivity index (χ0v) is 6.03. The molecular weight excluding hydrogens is 195 g/mol. The van der Waals surface area contributed by atoms with Crippen molar-refractivity contribution in [1.29, 1.82) is 0 Å². The molecule has 0 unspecified atom stereocenters. The first kappa shape index (κ1) is 9.91. The van der Waals surface area contributed by atoms with E-state index in [1.807, 2.05) is 0 Å². The molecule has 0 aromatic heterocycles. The number of alkyl halides is 2. The predicted molar refractivity (Wildman–Crippen MR) is 32.4 cm³/mol. The molecule has 0 aliphatic rings. The summed E-state index contributed by atoms with van der Waals surface area (Å²) in [6.45, 7) is 0. The lowest BCUT2D eigenvalue weighted by Crippen LogP contribution is -2.16. The summed E-state index contributed by atoms with van der Waals surface area (Å²) in [5.74, 6) is -3.32. The van der Waals surface area contributed by atoms with Crippen molar-refractivity contribution in [2.24, 2.45) is 0 Å². The lowest BCUT2D eigenvalue weighted by molar-refractivity contribution is -0.365. The maximum atomic E-state index is 12.6. The van der Waals surface area contributed by atoms with Crippen molar-refractivity contribution in [3.8, 4) is 0 Å². The third-order valence-corrected chi connectivity index (χ3v) is 1.36. The molecule has 1 aromatic carbocycles. The number of halogens is 5. The smallest absolute Gasteiger partial charge is 0.204 e. The summed E-state index contributed by atoms with van der Waals surface area (Å²) in [6, 6.07) is 1.98. The van der Waals surface area contributed by atoms with Gasteiger partial charge in [-0.05, 0) is 16.7 Å². The second-order valence-electron chi connectivity index (χ2n) is 2.20. The van der Waals surface area contributed by atoms with Crippen LogP contribution in [0.4, 0.5) is 22.1 Å². The van der Waals surface area contributed by atoms with Crippen LogP contribution in [0, 0.1) is 11.6 Å². The summed E-state index contributed by atoms with van der Waals surface area (Å²) in [5, 5.41) is 0. The summed E-state index contributed by atoms with van der Waals surface area (Å²) in [4.78, 5) is 2.22. The molecule has 0 amide bonds. The molecular formula is C7H3F5O. The van der Waals surface area contributed by atoms with Gasteiger partial charge in [0.25, 0.3) is 0 Å². The summed E-state index contributed by atoms with van der Waals surface area (Å²) in [6.07, 6.45) is -4.47. The van der Waals surface area contributed by atoms with E-state index in [1.165, 1.54) is 0 Å². The Morgan fingerprint density at radius 3 is 2.31 bits per heavy atom. The van der Waals surface area contributed by atoms with Gasteiger partial charge in [-0.25, -0.2) is 8.78 Å². The zero-order valence-electron chi connectivity index (χ0n) is 6.03. The Kier molecular flexibility index (Phi) is 2.51. The van der Waals surface area contributed by atoms with Gasteiger partial charge < -0.3 is 0 Å². The van der Waals surface area contributed by atoms with Gasteiger partial charge in [-0.2, -0.15) is 8.78 Å². The molecule has 1 aromatic rings. The van der Waals surface area contributed by atoms with E-state index in [4.69, 9.17) is 0 Å². The highest BCUT2D eigenvalue weighted by atomic mass is 19.4. The van der Waals surface area contributed by atoms with Gasteiger partial charge in [-0.15, -0.1) is 4.94 Å². The third-order valence-electron chi connectivity index (χ3n) is 1.36. The van der Waals surface area contributed by atoms with Crippen LogP contribution in [0.2, 0.25) is 0 Å². The first-order chi connectivity index (χ1) is 5.99. The number of hydrogen-bond donors (Lipinski definition) is 0. The maximum Gasteiger partial charge on any atom is 0.415 e. The largest absolute Gasteiger partial charge is 0.415 e. The standard InChI is InChI=1S/C7H3F5O/c8-5-3-1-2-4(6(5)9)7(10,11)13-12/h1-3H. The second-order valence-corrected chi connectivity index (χ2v) is 2.20. The normalized spacial score (nSPS) is 11.8. The van der Waals surface area contributed by atoms with E-state index in [-0.39, 0.29) is 0 Å². The van der Waals surface area contributed by atoms with Gasteiger partial charge in [0.2, 0.25) is 0 Å². The molecule has 1 nitrogen and oxygen atoms in total. The van der Waals surface area contributed by atoms with Gasteiger partial charge in [0.05, 0.1) is 5.56 Å². The van der Waals surface area contributed by atoms with Crippen molar-refractivity contribution in [2.75, 3.05) is 0 Å². The lowest BCUT2D eigenvalue weighted by atomic mass is 10.2. The van der Waals surface area contributed by atoms with Gasteiger partial charge in [0, 0.05) is 0 Å². The van der Waals surface area contributed by atoms with Crippen LogP contribution >= 0.6 is 0 Å². The van der Waals surface area contributed by atoms with Crippen LogP contribution in [0.1, 0.15) is 5.56 Å². The highest BCUT2D eigenvalue weighted by Gasteiger charge is 2.38. The molecule has 1 rings (SSSR count). The third kappa shape index (κ3) is 1.77. The van der Waals surface area contributed by atoms with E-state index < -0.39 is 23.3 Å². The molecule has 0 fully saturated rings. The van der Waals surface area contributed by atoms with Crippen LogP contribution in [0.3, 0.4) is 0 Å². The zero-order chi connectivity index (χ0) is 10.1. The number of rotatable bonds is 2. The second kappa shape index (κ2) is 3.29. The Bertz CT molecular complexity index is 312. The van der Waals surface area contributed by atoms with Crippen molar-refractivity contribution in [3.63, 3.8) is 0 Å². The van der Waals surface area contributed by atoms with E-state index in [9.17, 15) is 22.1 Å². The molecule has 0 aliphatic carbocycles. The van der Waals surface area contributed by atoms with Crippen molar-refractivity contribution in [2.45, 2.75) is 6.11 Å². The first-order valence-corrected chi connectivity index (χ1v) is 3.11. The average Bonchev–Trinajstić information content (AvgIpc) is 2.09. The Balaban J connectivity index is 3.22. The van der Waals surface area contributed by atoms with Gasteiger partial charge in [-0.1, -0.05) is 6.07 Å². The lowest BCUT2D eigenvalue weighted by Gasteiger charge is -2.11. The van der Waals surface area contributed by atoms with Crippen molar-refractivity contribution < 1.29 is 27.0 Å². The van der Waals surface area contributed by atoms with Crippen LogP contribution in [0.25, 0.3) is 0 Å². The molecule has 0 aliphatic heterocycles. The molecule has 0 saturated carbocycles. The number of hydrogen-bond acceptors (Lipinski definition) is 1. The van der Waals surface area contributed by atoms with E-state index in [0.29, 0.717) is 12.1 Å². The summed E-state index contributed by atoms with van der Waals surface area (Å²) in [7, 11) is 0. The SMILES string of the molecule is FOC(F)(F)c1cccc(F)c1F. The average molecular weight is 198 g/mol.